The molecule has 0 aliphatic carbocycles. The zero-order chi connectivity index (χ0) is 22.9. The molecule has 32 heavy (non-hydrogen) atoms. The lowest BCUT2D eigenvalue weighted by Crippen LogP contribution is -2.30. The second-order valence-corrected chi connectivity index (χ2v) is 8.62. The van der Waals surface area contributed by atoms with Crippen molar-refractivity contribution < 1.29 is 13.3 Å². The van der Waals surface area contributed by atoms with Gasteiger partial charge < -0.3 is 5.73 Å². The van der Waals surface area contributed by atoms with Crippen molar-refractivity contribution in [2.75, 3.05) is 5.73 Å². The van der Waals surface area contributed by atoms with Crippen molar-refractivity contribution >= 4 is 32.3 Å². The van der Waals surface area contributed by atoms with Crippen molar-refractivity contribution in [3.8, 4) is 5.69 Å². The number of para-hydroxylation sites is 1. The lowest BCUT2D eigenvalue weighted by Gasteiger charge is -2.14. The normalized spacial score (nSPS) is 11.5. The summed E-state index contributed by atoms with van der Waals surface area (Å²) in [5.41, 5.74) is 6.19. The number of hydrogen-bond acceptors (Lipinski definition) is 7. The smallest absolute Gasteiger partial charge is 0.269 e. The number of nitrogens with zero attached hydrogens (tertiary/aromatic N) is 3. The molecule has 0 aliphatic heterocycles. The minimum absolute atomic E-state index is 0.0109. The molecule has 1 heterocycles. The van der Waals surface area contributed by atoms with Crippen LogP contribution in [-0.4, -0.2) is 22.9 Å². The van der Waals surface area contributed by atoms with Crippen LogP contribution in [-0.2, 0) is 16.6 Å². The third-order valence-electron chi connectivity index (χ3n) is 4.77. The lowest BCUT2D eigenvalue weighted by molar-refractivity contribution is -0.384. The quantitative estimate of drug-likeness (QED) is 0.259. The SMILES string of the molecule is Nc1ccc(S(=O)(=O)NCc2nc3ccccc3c(=O)n2-c2ccc([N+](=O)[O-])cc2)cc1. The highest BCUT2D eigenvalue weighted by Crippen LogP contribution is 2.18. The van der Waals surface area contributed by atoms with Gasteiger partial charge in [-0.15, -0.1) is 0 Å². The van der Waals surface area contributed by atoms with Crippen molar-refractivity contribution in [1.29, 1.82) is 0 Å². The van der Waals surface area contributed by atoms with Crippen molar-refractivity contribution in [2.24, 2.45) is 0 Å². The summed E-state index contributed by atoms with van der Waals surface area (Å²) in [6.07, 6.45) is 0. The van der Waals surface area contributed by atoms with E-state index in [1.165, 1.54) is 53.1 Å². The summed E-state index contributed by atoms with van der Waals surface area (Å²) in [5.74, 6) is 0.126. The van der Waals surface area contributed by atoms with E-state index in [0.29, 0.717) is 22.3 Å². The predicted octanol–water partition coefficient (Wildman–Crippen LogP) is 2.35. The van der Waals surface area contributed by atoms with E-state index >= 15 is 0 Å². The number of sulfonamides is 1. The average molecular weight is 451 g/mol. The Kier molecular flexibility index (Phi) is 5.43. The molecule has 0 unspecified atom stereocenters. The fourth-order valence-electron chi connectivity index (χ4n) is 3.18. The Balaban J connectivity index is 1.79. The minimum atomic E-state index is -3.91. The molecule has 162 valence electrons. The first-order valence-electron chi connectivity index (χ1n) is 9.37. The van der Waals surface area contributed by atoms with Crippen LogP contribution in [0.2, 0.25) is 0 Å². The number of anilines is 1. The molecule has 0 saturated heterocycles. The molecular formula is C21H17N5O5S. The van der Waals surface area contributed by atoms with Crippen molar-refractivity contribution in [1.82, 2.24) is 14.3 Å². The number of nitrogen functional groups attached to an aromatic ring is 1. The Bertz CT molecular complexity index is 1480. The Morgan fingerprint density at radius 1 is 1.00 bits per heavy atom. The molecule has 3 N–H and O–H groups in total. The number of benzene rings is 3. The van der Waals surface area contributed by atoms with Crippen LogP contribution in [0, 0.1) is 10.1 Å². The number of non-ortho nitro benzene ring substituents is 1. The molecule has 0 aliphatic rings. The van der Waals surface area contributed by atoms with Gasteiger partial charge in [0.25, 0.3) is 11.2 Å². The van der Waals surface area contributed by atoms with Crippen molar-refractivity contribution in [2.45, 2.75) is 11.4 Å². The van der Waals surface area contributed by atoms with Gasteiger partial charge in [-0.2, -0.15) is 0 Å². The van der Waals surface area contributed by atoms with E-state index in [9.17, 15) is 23.3 Å². The average Bonchev–Trinajstić information content (AvgIpc) is 2.78. The number of nitrogens with one attached hydrogen (secondary N) is 1. The molecule has 0 atom stereocenters. The monoisotopic (exact) mass is 451 g/mol. The van der Waals surface area contributed by atoms with Gasteiger partial charge in [-0.25, -0.2) is 18.1 Å². The van der Waals surface area contributed by atoms with Gasteiger partial charge in [-0.1, -0.05) is 12.1 Å². The number of hydrogen-bond donors (Lipinski definition) is 2. The van der Waals surface area contributed by atoms with Gasteiger partial charge in [0.1, 0.15) is 5.82 Å². The van der Waals surface area contributed by atoms with Gasteiger partial charge in [-0.3, -0.25) is 19.5 Å². The molecule has 4 aromatic rings. The number of nitro groups is 1. The molecule has 10 nitrogen and oxygen atoms in total. The van der Waals surface area contributed by atoms with E-state index in [0.717, 1.165) is 0 Å². The molecule has 11 heteroatoms. The largest absolute Gasteiger partial charge is 0.399 e. The molecule has 3 aromatic carbocycles. The number of rotatable bonds is 6. The number of nitrogens with two attached hydrogens (primary N) is 1. The van der Waals surface area contributed by atoms with Crippen LogP contribution in [0.1, 0.15) is 5.82 Å². The summed E-state index contributed by atoms with van der Waals surface area (Å²) in [5, 5.41) is 11.3. The van der Waals surface area contributed by atoms with E-state index < -0.39 is 20.5 Å². The van der Waals surface area contributed by atoms with Crippen LogP contribution in [0.5, 0.6) is 0 Å². The van der Waals surface area contributed by atoms with Gasteiger partial charge >= 0.3 is 0 Å². The fourth-order valence-corrected chi connectivity index (χ4v) is 4.16. The lowest BCUT2D eigenvalue weighted by atomic mass is 10.2. The molecule has 4 rings (SSSR count). The zero-order valence-electron chi connectivity index (χ0n) is 16.5. The van der Waals surface area contributed by atoms with Gasteiger partial charge in [0.15, 0.2) is 0 Å². The Hall–Kier alpha value is -4.09. The van der Waals surface area contributed by atoms with E-state index in [4.69, 9.17) is 5.73 Å². The van der Waals surface area contributed by atoms with Crippen LogP contribution >= 0.6 is 0 Å². The van der Waals surface area contributed by atoms with Gasteiger partial charge in [0.2, 0.25) is 10.0 Å². The van der Waals surface area contributed by atoms with Crippen LogP contribution < -0.4 is 16.0 Å². The van der Waals surface area contributed by atoms with Crippen LogP contribution in [0.4, 0.5) is 11.4 Å². The third kappa shape index (κ3) is 4.06. The second-order valence-electron chi connectivity index (χ2n) is 6.85. The maximum Gasteiger partial charge on any atom is 0.269 e. The molecule has 0 amide bonds. The van der Waals surface area contributed by atoms with E-state index in [1.807, 2.05) is 0 Å². The Labute approximate surface area is 182 Å². The van der Waals surface area contributed by atoms with Crippen molar-refractivity contribution in [3.05, 3.63) is 99.1 Å². The highest BCUT2D eigenvalue weighted by molar-refractivity contribution is 7.89. The number of aromatic nitrogens is 2. The first-order chi connectivity index (χ1) is 15.3. The number of nitro benzene ring substituents is 1. The van der Waals surface area contributed by atoms with E-state index in [2.05, 4.69) is 9.71 Å². The summed E-state index contributed by atoms with van der Waals surface area (Å²) in [6.45, 7) is -0.288. The van der Waals surface area contributed by atoms with Crippen molar-refractivity contribution in [3.63, 3.8) is 0 Å². The topological polar surface area (TPSA) is 150 Å². The van der Waals surface area contributed by atoms with E-state index in [-0.39, 0.29) is 23.0 Å². The fraction of sp³-hybridized carbons (Fsp3) is 0.0476. The summed E-state index contributed by atoms with van der Waals surface area (Å²) < 4.78 is 29.1. The zero-order valence-corrected chi connectivity index (χ0v) is 17.3. The summed E-state index contributed by atoms with van der Waals surface area (Å²) >= 11 is 0. The summed E-state index contributed by atoms with van der Waals surface area (Å²) in [4.78, 5) is 28.1. The van der Waals surface area contributed by atoms with Gasteiger partial charge in [-0.05, 0) is 48.5 Å². The molecule has 0 fully saturated rings. The van der Waals surface area contributed by atoms with Gasteiger partial charge in [0, 0.05) is 17.8 Å². The Morgan fingerprint density at radius 2 is 1.66 bits per heavy atom. The molecular weight excluding hydrogens is 434 g/mol. The van der Waals surface area contributed by atoms with Crippen LogP contribution in [0.15, 0.2) is 82.5 Å². The highest BCUT2D eigenvalue weighted by atomic mass is 32.2. The molecule has 0 bridgehead atoms. The maximum absolute atomic E-state index is 13.2. The first kappa shape index (κ1) is 21.2. The molecule has 0 spiro atoms. The Morgan fingerprint density at radius 3 is 2.31 bits per heavy atom. The standard InChI is InChI=1S/C21H17N5O5S/c22-14-5-11-17(12-6-14)32(30,31)23-13-20-24-19-4-2-1-3-18(19)21(27)25(20)15-7-9-16(10-8-15)26(28)29/h1-12,23H,13,22H2. The minimum Gasteiger partial charge on any atom is -0.399 e. The maximum atomic E-state index is 13.2. The van der Waals surface area contributed by atoms with Gasteiger partial charge in [0.05, 0.1) is 33.0 Å². The van der Waals surface area contributed by atoms with Crippen LogP contribution in [0.3, 0.4) is 0 Å². The number of fused-ring (bicyclic) bond motifs is 1. The molecule has 0 radical (unpaired) electrons. The highest BCUT2D eigenvalue weighted by Gasteiger charge is 2.18. The predicted molar refractivity (Wildman–Crippen MR) is 119 cm³/mol. The molecule has 0 saturated carbocycles. The summed E-state index contributed by atoms with van der Waals surface area (Å²) in [6, 6.07) is 17.7. The van der Waals surface area contributed by atoms with Crippen LogP contribution in [0.25, 0.3) is 16.6 Å². The molecule has 1 aromatic heterocycles. The summed E-state index contributed by atoms with van der Waals surface area (Å²) in [7, 11) is -3.91. The second kappa shape index (κ2) is 8.21. The van der Waals surface area contributed by atoms with E-state index in [1.54, 1.807) is 24.3 Å². The third-order valence-corrected chi connectivity index (χ3v) is 6.19. The first-order valence-corrected chi connectivity index (χ1v) is 10.9.